The number of nitrogens with zero attached hydrogens (tertiary/aromatic N) is 2. The van der Waals surface area contributed by atoms with E-state index in [0.29, 0.717) is 22.4 Å². The number of hydrogen-bond donors (Lipinski definition) is 1. The third-order valence-electron chi connectivity index (χ3n) is 4.71. The molecular formula is C18H22N2O7S2. The van der Waals surface area contributed by atoms with Crippen molar-refractivity contribution in [3.8, 4) is 11.5 Å². The molecule has 2 heterocycles. The molecule has 2 aliphatic heterocycles. The summed E-state index contributed by atoms with van der Waals surface area (Å²) in [5.41, 5.74) is 0.650. The minimum absolute atomic E-state index is 0.0176. The highest BCUT2D eigenvalue weighted by Gasteiger charge is 2.49. The number of carbonyl (C=O) groups excluding carboxylic acids is 1. The molecule has 29 heavy (non-hydrogen) atoms. The highest BCUT2D eigenvalue weighted by Crippen LogP contribution is 2.43. The maximum atomic E-state index is 12.2. The van der Waals surface area contributed by atoms with Crippen molar-refractivity contribution in [2.45, 2.75) is 30.6 Å². The van der Waals surface area contributed by atoms with Gasteiger partial charge in [0.15, 0.2) is 26.5 Å². The highest BCUT2D eigenvalue weighted by molar-refractivity contribution is 8.16. The number of hydrogen-bond acceptors (Lipinski definition) is 7. The Labute approximate surface area is 173 Å². The summed E-state index contributed by atoms with van der Waals surface area (Å²) in [6, 6.07) is 4.85. The number of carboxylic acid groups (broad SMARTS) is 1. The standard InChI is InChI=1S/C18H22N2O7S2/c1-26-13-7-6-11(8-14(13)27-2)20-12-9-29(24,25)10-15(12)28-18(20)19-16(21)4-3-5-17(22)23/h6-8,12,15H,3-5,9-10H2,1-2H3,(H,22,23)/t12-,15+/m0/s1. The number of benzene rings is 1. The van der Waals surface area contributed by atoms with Gasteiger partial charge in [0.1, 0.15) is 0 Å². The summed E-state index contributed by atoms with van der Waals surface area (Å²) in [5.74, 6) is -0.383. The van der Waals surface area contributed by atoms with Crippen LogP contribution in [0.4, 0.5) is 5.69 Å². The number of ether oxygens (including phenoxy) is 2. The second-order valence-corrected chi connectivity index (χ2v) is 10.1. The van der Waals surface area contributed by atoms with Crippen molar-refractivity contribution >= 4 is 44.3 Å². The van der Waals surface area contributed by atoms with Crippen molar-refractivity contribution in [3.63, 3.8) is 0 Å². The minimum Gasteiger partial charge on any atom is -0.493 e. The van der Waals surface area contributed by atoms with Crippen LogP contribution in [0.3, 0.4) is 0 Å². The maximum absolute atomic E-state index is 12.2. The Morgan fingerprint density at radius 2 is 1.93 bits per heavy atom. The van der Waals surface area contributed by atoms with Gasteiger partial charge in [0.2, 0.25) is 5.91 Å². The Bertz CT molecular complexity index is 946. The Morgan fingerprint density at radius 3 is 2.59 bits per heavy atom. The van der Waals surface area contributed by atoms with E-state index in [0.717, 1.165) is 0 Å². The number of rotatable bonds is 7. The van der Waals surface area contributed by atoms with Crippen LogP contribution in [0.1, 0.15) is 19.3 Å². The first-order valence-corrected chi connectivity index (χ1v) is 11.7. The summed E-state index contributed by atoms with van der Waals surface area (Å²) < 4.78 is 34.9. The monoisotopic (exact) mass is 442 g/mol. The highest BCUT2D eigenvalue weighted by atomic mass is 32.2. The molecule has 11 heteroatoms. The first-order valence-electron chi connectivity index (χ1n) is 8.95. The van der Waals surface area contributed by atoms with Crippen molar-refractivity contribution in [2.75, 3.05) is 30.6 Å². The van der Waals surface area contributed by atoms with Gasteiger partial charge < -0.3 is 19.5 Å². The molecule has 2 atom stereocenters. The largest absolute Gasteiger partial charge is 0.493 e. The molecule has 0 saturated carbocycles. The van der Waals surface area contributed by atoms with E-state index in [9.17, 15) is 18.0 Å². The SMILES string of the molecule is COc1ccc(N2C(=NC(=O)CCCC(=O)O)S[C@@H]3CS(=O)(=O)C[C@@H]32)cc1OC. The fourth-order valence-corrected chi connectivity index (χ4v) is 7.33. The Morgan fingerprint density at radius 1 is 1.21 bits per heavy atom. The number of aliphatic carboxylic acids is 1. The van der Waals surface area contributed by atoms with Crippen LogP contribution in [0.15, 0.2) is 23.2 Å². The second kappa shape index (κ2) is 8.62. The fourth-order valence-electron chi connectivity index (χ4n) is 3.39. The van der Waals surface area contributed by atoms with E-state index in [-0.39, 0.29) is 42.1 Å². The first-order chi connectivity index (χ1) is 13.7. The summed E-state index contributed by atoms with van der Waals surface area (Å²) >= 11 is 1.27. The van der Waals surface area contributed by atoms with E-state index in [2.05, 4.69) is 4.99 Å². The summed E-state index contributed by atoms with van der Waals surface area (Å²) in [6.07, 6.45) is 0.115. The lowest BCUT2D eigenvalue weighted by Crippen LogP contribution is -2.37. The number of sulfone groups is 1. The lowest BCUT2D eigenvalue weighted by Gasteiger charge is -2.25. The molecule has 0 aromatic heterocycles. The molecule has 0 spiro atoms. The van der Waals surface area contributed by atoms with Crippen molar-refractivity contribution < 1.29 is 32.6 Å². The number of anilines is 1. The molecular weight excluding hydrogens is 420 g/mol. The van der Waals surface area contributed by atoms with Gasteiger partial charge in [-0.1, -0.05) is 11.8 Å². The van der Waals surface area contributed by atoms with Crippen LogP contribution >= 0.6 is 11.8 Å². The van der Waals surface area contributed by atoms with Crippen LogP contribution in [-0.2, 0) is 19.4 Å². The van der Waals surface area contributed by atoms with Gasteiger partial charge in [-0.15, -0.1) is 0 Å². The van der Waals surface area contributed by atoms with Crippen molar-refractivity contribution in [1.29, 1.82) is 0 Å². The van der Waals surface area contributed by atoms with Gasteiger partial charge in [0, 0.05) is 29.8 Å². The fraction of sp³-hybridized carbons (Fsp3) is 0.500. The molecule has 0 unspecified atom stereocenters. The predicted molar refractivity (Wildman–Crippen MR) is 110 cm³/mol. The summed E-state index contributed by atoms with van der Waals surface area (Å²) in [5, 5.41) is 8.91. The third kappa shape index (κ3) is 4.84. The number of amides is 1. The van der Waals surface area contributed by atoms with Gasteiger partial charge in [-0.2, -0.15) is 4.99 Å². The zero-order valence-corrected chi connectivity index (χ0v) is 17.7. The van der Waals surface area contributed by atoms with E-state index in [1.54, 1.807) is 23.1 Å². The summed E-state index contributed by atoms with van der Waals surface area (Å²) in [4.78, 5) is 28.8. The molecule has 9 nitrogen and oxygen atoms in total. The molecule has 3 rings (SSSR count). The summed E-state index contributed by atoms with van der Waals surface area (Å²) in [6.45, 7) is 0. The molecule has 1 aromatic carbocycles. The van der Waals surface area contributed by atoms with Crippen LogP contribution < -0.4 is 14.4 Å². The van der Waals surface area contributed by atoms with Gasteiger partial charge >= 0.3 is 5.97 Å². The van der Waals surface area contributed by atoms with E-state index in [1.165, 1.54) is 26.0 Å². The minimum atomic E-state index is -3.17. The lowest BCUT2D eigenvalue weighted by atomic mass is 10.2. The van der Waals surface area contributed by atoms with Gasteiger partial charge in [0.05, 0.1) is 31.8 Å². The molecule has 0 aliphatic carbocycles. The van der Waals surface area contributed by atoms with Gasteiger partial charge in [0.25, 0.3) is 0 Å². The van der Waals surface area contributed by atoms with Gasteiger partial charge in [-0.3, -0.25) is 9.59 Å². The lowest BCUT2D eigenvalue weighted by molar-refractivity contribution is -0.137. The van der Waals surface area contributed by atoms with E-state index >= 15 is 0 Å². The number of carbonyl (C=O) groups is 2. The van der Waals surface area contributed by atoms with Gasteiger partial charge in [-0.05, 0) is 18.6 Å². The number of aliphatic imine (C=N–C) groups is 1. The average Bonchev–Trinajstić information content (AvgIpc) is 3.11. The molecule has 1 amide bonds. The van der Waals surface area contributed by atoms with Crippen molar-refractivity contribution in [3.05, 3.63) is 18.2 Å². The van der Waals surface area contributed by atoms with Crippen molar-refractivity contribution in [2.24, 2.45) is 4.99 Å². The van der Waals surface area contributed by atoms with E-state index < -0.39 is 21.7 Å². The first kappa shape index (κ1) is 21.4. The van der Waals surface area contributed by atoms with Crippen LogP contribution in [-0.4, -0.2) is 67.6 Å². The summed E-state index contributed by atoms with van der Waals surface area (Å²) in [7, 11) is -0.151. The predicted octanol–water partition coefficient (Wildman–Crippen LogP) is 1.56. The second-order valence-electron chi connectivity index (χ2n) is 6.75. The molecule has 1 aromatic rings. The molecule has 2 fully saturated rings. The van der Waals surface area contributed by atoms with E-state index in [4.69, 9.17) is 14.6 Å². The molecule has 2 aliphatic rings. The number of fused-ring (bicyclic) bond motifs is 1. The molecule has 158 valence electrons. The Balaban J connectivity index is 1.91. The van der Waals surface area contributed by atoms with Crippen LogP contribution in [0, 0.1) is 0 Å². The zero-order chi connectivity index (χ0) is 21.2. The Kier molecular flexibility index (Phi) is 6.37. The topological polar surface area (TPSA) is 123 Å². The molecule has 1 N–H and O–H groups in total. The molecule has 0 radical (unpaired) electrons. The number of thioether (sulfide) groups is 1. The van der Waals surface area contributed by atoms with Crippen LogP contribution in [0.25, 0.3) is 0 Å². The molecule has 2 saturated heterocycles. The quantitative estimate of drug-likeness (QED) is 0.670. The van der Waals surface area contributed by atoms with Crippen molar-refractivity contribution in [1.82, 2.24) is 0 Å². The molecule has 0 bridgehead atoms. The number of amidine groups is 1. The number of carboxylic acids is 1. The van der Waals surface area contributed by atoms with Crippen LogP contribution in [0.5, 0.6) is 11.5 Å². The van der Waals surface area contributed by atoms with Gasteiger partial charge in [-0.25, -0.2) is 8.42 Å². The third-order valence-corrected chi connectivity index (χ3v) is 7.92. The van der Waals surface area contributed by atoms with Crippen LogP contribution in [0.2, 0.25) is 0 Å². The van der Waals surface area contributed by atoms with E-state index in [1.807, 2.05) is 0 Å². The average molecular weight is 443 g/mol. The number of methoxy groups -OCH3 is 2. The maximum Gasteiger partial charge on any atom is 0.303 e. The smallest absolute Gasteiger partial charge is 0.303 e. The zero-order valence-electron chi connectivity index (χ0n) is 16.0. The Hall–Kier alpha value is -2.27. The normalized spacial score (nSPS) is 23.8.